The molecule has 11 nitrogen and oxygen atoms in total. The molecule has 0 saturated heterocycles. The van der Waals surface area contributed by atoms with Gasteiger partial charge in [-0.15, -0.1) is 0 Å². The number of rotatable bonds is 10. The van der Waals surface area contributed by atoms with Crippen LogP contribution in [0.1, 0.15) is 47.1 Å². The Morgan fingerprint density at radius 1 is 0.970 bits per heavy atom. The number of ether oxygens (including phenoxy) is 2. The zero-order chi connectivity index (χ0) is 25.4. The molecular formula is C21H33N2O9P. The van der Waals surface area contributed by atoms with E-state index in [0.29, 0.717) is 5.56 Å². The molecule has 0 aliphatic carbocycles. The summed E-state index contributed by atoms with van der Waals surface area (Å²) in [5, 5.41) is 0. The molecule has 1 N–H and O–H groups in total. The van der Waals surface area contributed by atoms with E-state index in [-0.39, 0.29) is 12.7 Å². The number of aromatic amines is 1. The SMILES string of the molecule is Cc1cn(C/C=C/CP(=O)(OCOC(=O)C(C)(C)C)OCOC(=O)C(C)(C)C)c(=O)[nH]c1=O. The summed E-state index contributed by atoms with van der Waals surface area (Å²) in [4.78, 5) is 49.2. The van der Waals surface area contributed by atoms with Crippen LogP contribution in [0.3, 0.4) is 0 Å². The van der Waals surface area contributed by atoms with Crippen molar-refractivity contribution in [1.29, 1.82) is 0 Å². The maximum atomic E-state index is 13.1. The van der Waals surface area contributed by atoms with Gasteiger partial charge in [0, 0.05) is 18.3 Å². The Bertz CT molecular complexity index is 990. The third-order valence-corrected chi connectivity index (χ3v) is 5.75. The van der Waals surface area contributed by atoms with Crippen LogP contribution >= 0.6 is 7.60 Å². The first-order chi connectivity index (χ1) is 15.0. The molecule has 0 saturated carbocycles. The fourth-order valence-corrected chi connectivity index (χ4v) is 3.16. The van der Waals surface area contributed by atoms with E-state index in [0.717, 1.165) is 0 Å². The van der Waals surface area contributed by atoms with Gasteiger partial charge < -0.3 is 9.47 Å². The minimum Gasteiger partial charge on any atom is -0.438 e. The molecule has 0 spiro atoms. The number of H-pyrrole nitrogens is 1. The lowest BCUT2D eigenvalue weighted by atomic mass is 9.98. The number of allylic oxidation sites excluding steroid dienone is 2. The Morgan fingerprint density at radius 2 is 1.45 bits per heavy atom. The second kappa shape index (κ2) is 11.6. The number of hydrogen-bond donors (Lipinski definition) is 1. The van der Waals surface area contributed by atoms with Crippen molar-refractivity contribution in [3.63, 3.8) is 0 Å². The van der Waals surface area contributed by atoms with Crippen molar-refractivity contribution in [2.75, 3.05) is 19.7 Å². The number of esters is 2. The van der Waals surface area contributed by atoms with E-state index in [1.165, 1.54) is 22.9 Å². The van der Waals surface area contributed by atoms with Crippen LogP contribution in [0, 0.1) is 17.8 Å². The quantitative estimate of drug-likeness (QED) is 0.227. The first-order valence-corrected chi connectivity index (χ1v) is 12.0. The number of aromatic nitrogens is 2. The van der Waals surface area contributed by atoms with Crippen molar-refractivity contribution in [2.45, 2.75) is 55.0 Å². The highest BCUT2D eigenvalue weighted by Crippen LogP contribution is 2.48. The van der Waals surface area contributed by atoms with Gasteiger partial charge in [-0.3, -0.25) is 37.5 Å². The predicted octanol–water partition coefficient (Wildman–Crippen LogP) is 2.72. The second-order valence-electron chi connectivity index (χ2n) is 9.35. The molecule has 186 valence electrons. The molecule has 0 aliphatic heterocycles. The van der Waals surface area contributed by atoms with Crippen molar-refractivity contribution in [2.24, 2.45) is 10.8 Å². The highest BCUT2D eigenvalue weighted by molar-refractivity contribution is 7.54. The highest BCUT2D eigenvalue weighted by atomic mass is 31.2. The van der Waals surface area contributed by atoms with Gasteiger partial charge in [-0.2, -0.15) is 0 Å². The van der Waals surface area contributed by atoms with Crippen LogP contribution in [0.4, 0.5) is 0 Å². The molecule has 0 radical (unpaired) electrons. The summed E-state index contributed by atoms with van der Waals surface area (Å²) in [6, 6.07) is 0. The monoisotopic (exact) mass is 488 g/mol. The Kier molecular flexibility index (Phi) is 10.0. The lowest BCUT2D eigenvalue weighted by Gasteiger charge is -2.21. The molecule has 0 unspecified atom stereocenters. The van der Waals surface area contributed by atoms with Crippen LogP contribution in [-0.4, -0.2) is 41.2 Å². The minimum absolute atomic E-state index is 0.0917. The molecule has 0 bridgehead atoms. The molecule has 1 aromatic rings. The van der Waals surface area contributed by atoms with Crippen LogP contribution in [0.15, 0.2) is 27.9 Å². The lowest BCUT2D eigenvalue weighted by Crippen LogP contribution is -2.30. The van der Waals surface area contributed by atoms with Crippen LogP contribution in [0.25, 0.3) is 0 Å². The fraction of sp³-hybridized carbons (Fsp3) is 0.619. The summed E-state index contributed by atoms with van der Waals surface area (Å²) >= 11 is 0. The Balaban J connectivity index is 2.82. The van der Waals surface area contributed by atoms with Gasteiger partial charge in [-0.25, -0.2) is 4.79 Å². The van der Waals surface area contributed by atoms with Crippen molar-refractivity contribution >= 4 is 19.5 Å². The van der Waals surface area contributed by atoms with E-state index in [9.17, 15) is 23.7 Å². The average molecular weight is 488 g/mol. The van der Waals surface area contributed by atoms with E-state index in [1.807, 2.05) is 0 Å². The summed E-state index contributed by atoms with van der Waals surface area (Å²) in [5.74, 6) is -1.12. The summed E-state index contributed by atoms with van der Waals surface area (Å²) in [6.07, 6.45) is 4.13. The van der Waals surface area contributed by atoms with Crippen LogP contribution in [-0.2, 0) is 39.2 Å². The molecule has 0 atom stereocenters. The van der Waals surface area contributed by atoms with Crippen molar-refractivity contribution < 1.29 is 32.7 Å². The molecule has 0 aliphatic rings. The van der Waals surface area contributed by atoms with E-state index >= 15 is 0 Å². The van der Waals surface area contributed by atoms with E-state index in [2.05, 4.69) is 4.98 Å². The fourth-order valence-electron chi connectivity index (χ4n) is 2.04. The molecule has 1 heterocycles. The number of aryl methyl sites for hydroxylation is 1. The summed E-state index contributed by atoms with van der Waals surface area (Å²) in [5.41, 5.74) is -2.26. The Morgan fingerprint density at radius 3 is 1.91 bits per heavy atom. The molecule has 0 amide bonds. The number of carbonyl (C=O) groups is 2. The zero-order valence-electron chi connectivity index (χ0n) is 20.1. The van der Waals surface area contributed by atoms with Crippen molar-refractivity contribution in [1.82, 2.24) is 9.55 Å². The Hall–Kier alpha value is -2.49. The van der Waals surface area contributed by atoms with Gasteiger partial charge in [0.25, 0.3) is 5.56 Å². The van der Waals surface area contributed by atoms with Gasteiger partial charge in [0.15, 0.2) is 0 Å². The smallest absolute Gasteiger partial charge is 0.340 e. The standard InChI is InChI=1S/C21H33N2O9P/c1-15-12-23(19(27)22-16(15)24)10-8-9-11-33(28,31-13-29-17(25)20(2,3)4)32-14-30-18(26)21(5,6)7/h8-9,12H,10-11,13-14H2,1-7H3,(H,22,24,27)/b9-8+. The van der Waals surface area contributed by atoms with Gasteiger partial charge in [-0.05, 0) is 48.5 Å². The third kappa shape index (κ3) is 9.89. The van der Waals surface area contributed by atoms with Crippen molar-refractivity contribution in [3.05, 3.63) is 44.8 Å². The third-order valence-electron chi connectivity index (χ3n) is 4.09. The predicted molar refractivity (Wildman–Crippen MR) is 121 cm³/mol. The molecule has 0 fully saturated rings. The number of nitrogens with zero attached hydrogens (tertiary/aromatic N) is 1. The molecule has 1 rings (SSSR count). The normalized spacial score (nSPS) is 12.7. The molecule has 1 aromatic heterocycles. The van der Waals surface area contributed by atoms with Gasteiger partial charge in [0.05, 0.1) is 17.0 Å². The first-order valence-electron chi connectivity index (χ1n) is 10.2. The number of carbonyl (C=O) groups excluding carboxylic acids is 2. The average Bonchev–Trinajstić information content (AvgIpc) is 2.67. The van der Waals surface area contributed by atoms with Crippen LogP contribution in [0.2, 0.25) is 0 Å². The molecule has 33 heavy (non-hydrogen) atoms. The Labute approximate surface area is 192 Å². The molecular weight excluding hydrogens is 455 g/mol. The van der Waals surface area contributed by atoms with E-state index in [1.54, 1.807) is 48.5 Å². The van der Waals surface area contributed by atoms with Gasteiger partial charge >= 0.3 is 25.2 Å². The lowest BCUT2D eigenvalue weighted by molar-refractivity contribution is -0.161. The van der Waals surface area contributed by atoms with Crippen LogP contribution < -0.4 is 11.2 Å². The largest absolute Gasteiger partial charge is 0.438 e. The summed E-state index contributed by atoms with van der Waals surface area (Å²) < 4.78 is 34.7. The van der Waals surface area contributed by atoms with Crippen molar-refractivity contribution in [3.8, 4) is 0 Å². The first kappa shape index (κ1) is 28.5. The maximum absolute atomic E-state index is 13.1. The summed E-state index contributed by atoms with van der Waals surface area (Å²) in [7, 11) is -3.87. The van der Waals surface area contributed by atoms with Gasteiger partial charge in [0.2, 0.25) is 13.6 Å². The molecule has 0 aromatic carbocycles. The van der Waals surface area contributed by atoms with E-state index in [4.69, 9.17) is 18.5 Å². The van der Waals surface area contributed by atoms with E-state index < -0.39 is 55.2 Å². The molecule has 12 heteroatoms. The van der Waals surface area contributed by atoms with Crippen LogP contribution in [0.5, 0.6) is 0 Å². The minimum atomic E-state index is -3.87. The summed E-state index contributed by atoms with van der Waals surface area (Å²) in [6.45, 7) is 10.3. The topological polar surface area (TPSA) is 143 Å². The van der Waals surface area contributed by atoms with Gasteiger partial charge in [0.1, 0.15) is 0 Å². The maximum Gasteiger partial charge on any atom is 0.340 e. The number of nitrogens with one attached hydrogen (secondary N) is 1. The second-order valence-corrected chi connectivity index (χ2v) is 11.4. The highest BCUT2D eigenvalue weighted by Gasteiger charge is 2.29. The zero-order valence-corrected chi connectivity index (χ0v) is 21.0. The number of hydrogen-bond acceptors (Lipinski definition) is 9. The van der Waals surface area contributed by atoms with Gasteiger partial charge in [-0.1, -0.05) is 12.2 Å².